The van der Waals surface area contributed by atoms with Crippen LogP contribution in [0.3, 0.4) is 0 Å². The monoisotopic (exact) mass is 320 g/mol. The molecule has 1 aliphatic heterocycles. The van der Waals surface area contributed by atoms with Gasteiger partial charge in [-0.1, -0.05) is 6.92 Å². The molecule has 0 radical (unpaired) electrons. The number of carboxylic acids is 1. The first-order chi connectivity index (χ1) is 9.90. The van der Waals surface area contributed by atoms with Gasteiger partial charge in [-0.15, -0.1) is 0 Å². The van der Waals surface area contributed by atoms with E-state index in [1.807, 2.05) is 6.92 Å². The van der Waals surface area contributed by atoms with Crippen molar-refractivity contribution in [2.24, 2.45) is 0 Å². The Morgan fingerprint density at radius 3 is 2.57 bits per heavy atom. The average molecular weight is 320 g/mol. The van der Waals surface area contributed by atoms with E-state index in [9.17, 15) is 13.8 Å². The van der Waals surface area contributed by atoms with Crippen LogP contribution in [0.2, 0.25) is 0 Å². The fourth-order valence-electron chi connectivity index (χ4n) is 2.07. The number of ether oxygens (including phenoxy) is 1. The van der Waals surface area contributed by atoms with Gasteiger partial charge in [0.25, 0.3) is 0 Å². The van der Waals surface area contributed by atoms with Gasteiger partial charge in [-0.2, -0.15) is 0 Å². The van der Waals surface area contributed by atoms with Crippen LogP contribution in [0.25, 0.3) is 0 Å². The van der Waals surface area contributed by atoms with Crippen LogP contribution in [0.4, 0.5) is 4.79 Å². The van der Waals surface area contributed by atoms with Crippen molar-refractivity contribution in [1.82, 2.24) is 10.2 Å². The van der Waals surface area contributed by atoms with Crippen LogP contribution >= 0.6 is 0 Å². The van der Waals surface area contributed by atoms with E-state index < -0.39 is 16.8 Å². The Labute approximate surface area is 127 Å². The van der Waals surface area contributed by atoms with Crippen LogP contribution in [0.5, 0.6) is 0 Å². The Kier molecular flexibility index (Phi) is 7.66. The lowest BCUT2D eigenvalue weighted by Crippen LogP contribution is -2.46. The largest absolute Gasteiger partial charge is 0.480 e. The lowest BCUT2D eigenvalue weighted by atomic mass is 10.1. The zero-order chi connectivity index (χ0) is 15.8. The molecule has 21 heavy (non-hydrogen) atoms. The molecule has 1 aliphatic rings. The molecule has 2 atom stereocenters. The molecule has 0 aromatic rings. The maximum atomic E-state index is 11.9. The molecular weight excluding hydrogens is 296 g/mol. The van der Waals surface area contributed by atoms with E-state index in [1.165, 1.54) is 0 Å². The third kappa shape index (κ3) is 6.90. The molecule has 0 aromatic carbocycles. The molecular formula is C13H24N2O5S. The van der Waals surface area contributed by atoms with Crippen molar-refractivity contribution in [1.29, 1.82) is 0 Å². The first-order valence-corrected chi connectivity index (χ1v) is 8.70. The normalized spacial score (nSPS) is 19.0. The van der Waals surface area contributed by atoms with Gasteiger partial charge in [0.05, 0.1) is 6.10 Å². The number of likely N-dealkylation sites (tertiary alicyclic amines) is 1. The minimum atomic E-state index is -0.974. The highest BCUT2D eigenvalue weighted by Crippen LogP contribution is 2.13. The molecule has 7 nitrogen and oxygen atoms in total. The van der Waals surface area contributed by atoms with Gasteiger partial charge in [0.1, 0.15) is 6.61 Å². The summed E-state index contributed by atoms with van der Waals surface area (Å²) in [6.45, 7) is 3.24. The fraction of sp³-hybridized carbons (Fsp3) is 0.846. The van der Waals surface area contributed by atoms with E-state index in [4.69, 9.17) is 9.84 Å². The van der Waals surface area contributed by atoms with Crippen LogP contribution in [0.15, 0.2) is 0 Å². The smallest absolute Gasteiger partial charge is 0.329 e. The fourth-order valence-corrected chi connectivity index (χ4v) is 2.52. The van der Waals surface area contributed by atoms with Crippen molar-refractivity contribution in [3.8, 4) is 0 Å². The lowest BCUT2D eigenvalue weighted by molar-refractivity contribution is -0.145. The number of hydrogen-bond donors (Lipinski definition) is 2. The number of rotatable bonds is 7. The molecule has 8 heteroatoms. The summed E-state index contributed by atoms with van der Waals surface area (Å²) < 4.78 is 16.4. The Bertz CT molecular complexity index is 383. The Morgan fingerprint density at radius 1 is 1.43 bits per heavy atom. The Balaban J connectivity index is 2.19. The first kappa shape index (κ1) is 17.9. The number of hydrogen-bond acceptors (Lipinski definition) is 4. The lowest BCUT2D eigenvalue weighted by Gasteiger charge is -2.31. The summed E-state index contributed by atoms with van der Waals surface area (Å²) in [5.41, 5.74) is 0. The minimum Gasteiger partial charge on any atom is -0.480 e. The van der Waals surface area contributed by atoms with Crippen LogP contribution in [-0.4, -0.2) is 70.1 Å². The van der Waals surface area contributed by atoms with Crippen molar-refractivity contribution in [3.05, 3.63) is 0 Å². The highest BCUT2D eigenvalue weighted by molar-refractivity contribution is 7.84. The number of nitrogens with zero attached hydrogens (tertiary/aromatic N) is 1. The van der Waals surface area contributed by atoms with Crippen LogP contribution in [0, 0.1) is 0 Å². The standard InChI is InChI=1S/C13H24N2O5S/c1-10(21(2)19)3-6-14-13(18)15-7-4-11(5-8-15)20-9-12(16)17/h10-11H,3-9H2,1-2H3,(H,14,18)(H,16,17). The number of carbonyl (C=O) groups excluding carboxylic acids is 1. The first-order valence-electron chi connectivity index (χ1n) is 7.08. The topological polar surface area (TPSA) is 95.9 Å². The van der Waals surface area contributed by atoms with E-state index in [2.05, 4.69) is 5.32 Å². The summed E-state index contributed by atoms with van der Waals surface area (Å²) in [5.74, 6) is -0.974. The molecule has 2 unspecified atom stereocenters. The molecule has 0 saturated carbocycles. The van der Waals surface area contributed by atoms with E-state index >= 15 is 0 Å². The van der Waals surface area contributed by atoms with E-state index in [-0.39, 0.29) is 24.0 Å². The van der Waals surface area contributed by atoms with Gasteiger partial charge in [-0.3, -0.25) is 4.21 Å². The highest BCUT2D eigenvalue weighted by atomic mass is 32.2. The average Bonchev–Trinajstić information content (AvgIpc) is 2.45. The van der Waals surface area contributed by atoms with E-state index in [1.54, 1.807) is 11.2 Å². The number of urea groups is 1. The third-order valence-corrected chi connectivity index (χ3v) is 4.93. The number of nitrogens with one attached hydrogen (secondary N) is 1. The summed E-state index contributed by atoms with van der Waals surface area (Å²) in [6.07, 6.45) is 3.56. The number of aliphatic carboxylic acids is 1. The van der Waals surface area contributed by atoms with Gasteiger partial charge in [0.15, 0.2) is 0 Å². The van der Waals surface area contributed by atoms with Gasteiger partial charge < -0.3 is 20.1 Å². The van der Waals surface area contributed by atoms with Gasteiger partial charge in [0.2, 0.25) is 0 Å². The summed E-state index contributed by atoms with van der Waals surface area (Å²) >= 11 is 0. The molecule has 1 heterocycles. The molecule has 0 aliphatic carbocycles. The molecule has 0 aromatic heterocycles. The highest BCUT2D eigenvalue weighted by Gasteiger charge is 2.23. The quantitative estimate of drug-likeness (QED) is 0.709. The van der Waals surface area contributed by atoms with Crippen molar-refractivity contribution >= 4 is 22.8 Å². The second kappa shape index (κ2) is 8.99. The zero-order valence-electron chi connectivity index (χ0n) is 12.5. The summed E-state index contributed by atoms with van der Waals surface area (Å²) in [7, 11) is -0.870. The van der Waals surface area contributed by atoms with E-state index in [0.29, 0.717) is 38.9 Å². The van der Waals surface area contributed by atoms with Gasteiger partial charge in [-0.25, -0.2) is 9.59 Å². The number of piperidine rings is 1. The molecule has 1 saturated heterocycles. The zero-order valence-corrected chi connectivity index (χ0v) is 13.4. The predicted molar refractivity (Wildman–Crippen MR) is 79.7 cm³/mol. The van der Waals surface area contributed by atoms with E-state index in [0.717, 1.165) is 0 Å². The molecule has 1 rings (SSSR count). The van der Waals surface area contributed by atoms with Crippen molar-refractivity contribution in [3.63, 3.8) is 0 Å². The number of amides is 2. The molecule has 0 bridgehead atoms. The SMILES string of the molecule is CC(CCNC(=O)N1CCC(OCC(=O)O)CC1)S(C)=O. The van der Waals surface area contributed by atoms with Crippen molar-refractivity contribution in [2.45, 2.75) is 37.5 Å². The Hall–Kier alpha value is -1.15. The predicted octanol–water partition coefficient (Wildman–Crippen LogP) is 0.419. The molecule has 2 amide bonds. The third-order valence-electron chi connectivity index (χ3n) is 3.57. The molecule has 122 valence electrons. The molecule has 2 N–H and O–H groups in total. The van der Waals surface area contributed by atoms with Crippen molar-refractivity contribution in [2.75, 3.05) is 32.5 Å². The van der Waals surface area contributed by atoms with Gasteiger partial charge >= 0.3 is 12.0 Å². The molecule has 1 fully saturated rings. The summed E-state index contributed by atoms with van der Waals surface area (Å²) in [4.78, 5) is 24.0. The number of carboxylic acid groups (broad SMARTS) is 1. The second-order valence-electron chi connectivity index (χ2n) is 5.22. The molecule has 0 spiro atoms. The van der Waals surface area contributed by atoms with Gasteiger partial charge in [-0.05, 0) is 19.3 Å². The van der Waals surface area contributed by atoms with Crippen LogP contribution in [0.1, 0.15) is 26.2 Å². The van der Waals surface area contributed by atoms with Crippen LogP contribution < -0.4 is 5.32 Å². The number of carbonyl (C=O) groups is 2. The second-order valence-corrected chi connectivity index (χ2v) is 7.02. The summed E-state index contributed by atoms with van der Waals surface area (Å²) in [6, 6.07) is -0.124. The Morgan fingerprint density at radius 2 is 2.05 bits per heavy atom. The minimum absolute atomic E-state index is 0.0699. The van der Waals surface area contributed by atoms with Crippen LogP contribution in [-0.2, 0) is 20.3 Å². The maximum Gasteiger partial charge on any atom is 0.329 e. The maximum absolute atomic E-state index is 11.9. The summed E-state index contributed by atoms with van der Waals surface area (Å²) in [5, 5.41) is 11.4. The van der Waals surface area contributed by atoms with Gasteiger partial charge in [0, 0.05) is 41.9 Å². The van der Waals surface area contributed by atoms with Crippen molar-refractivity contribution < 1.29 is 23.6 Å².